The van der Waals surface area contributed by atoms with Crippen molar-refractivity contribution < 1.29 is 31.9 Å². The summed E-state index contributed by atoms with van der Waals surface area (Å²) in [6, 6.07) is 0. The largest absolute Gasteiger partial charge is 0.319 e. The normalized spacial score (nSPS) is 12.4. The van der Waals surface area contributed by atoms with E-state index >= 15 is 0 Å². The van der Waals surface area contributed by atoms with Gasteiger partial charge in [0.2, 0.25) is 0 Å². The number of alkyl halides is 4. The van der Waals surface area contributed by atoms with Gasteiger partial charge in [-0.15, -0.1) is 0 Å². The van der Waals surface area contributed by atoms with E-state index < -0.39 is 36.1 Å². The summed E-state index contributed by atoms with van der Waals surface area (Å²) in [7, 11) is 0. The van der Waals surface area contributed by atoms with Crippen LogP contribution in [0.3, 0.4) is 0 Å². The molecule has 0 saturated carbocycles. The van der Waals surface area contributed by atoms with Gasteiger partial charge in [-0.3, -0.25) is 14.4 Å². The maximum absolute atomic E-state index is 12.5. The Balaban J connectivity index is 4.70. The average molecular weight is 214 g/mol. The molecular weight excluding hydrogens is 208 g/mol. The fourth-order valence-electron chi connectivity index (χ4n) is 0.704. The van der Waals surface area contributed by atoms with Crippen molar-refractivity contribution in [2.45, 2.75) is 25.2 Å². The topological polar surface area (TPSA) is 51.2 Å². The van der Waals surface area contributed by atoms with E-state index in [1.807, 2.05) is 0 Å². The molecule has 0 amide bonds. The number of carbonyl (C=O) groups excluding carboxylic acids is 3. The molecule has 0 spiro atoms. The highest BCUT2D eigenvalue weighted by atomic mass is 19.3. The van der Waals surface area contributed by atoms with Gasteiger partial charge < -0.3 is 0 Å². The average Bonchev–Trinajstić information content (AvgIpc) is 1.97. The number of rotatable bonds is 5. The zero-order valence-electron chi connectivity index (χ0n) is 7.02. The molecule has 0 bridgehead atoms. The molecule has 0 saturated heterocycles. The molecule has 0 atom stereocenters. The Labute approximate surface area is 76.1 Å². The molecule has 0 N–H and O–H groups in total. The zero-order chi connectivity index (χ0) is 11.6. The number of carbonyl (C=O) groups is 3. The zero-order valence-corrected chi connectivity index (χ0v) is 7.02. The predicted octanol–water partition coefficient (Wildman–Crippen LogP) is 1.00. The van der Waals surface area contributed by atoms with E-state index in [1.54, 1.807) is 0 Å². The number of ketones is 2. The van der Waals surface area contributed by atoms with E-state index in [2.05, 4.69) is 0 Å². The minimum absolute atomic E-state index is 0.180. The summed E-state index contributed by atoms with van der Waals surface area (Å²) in [5, 5.41) is 0. The predicted molar refractivity (Wildman–Crippen MR) is 36.3 cm³/mol. The van der Waals surface area contributed by atoms with Gasteiger partial charge in [0.25, 0.3) is 17.5 Å². The smallest absolute Gasteiger partial charge is 0.294 e. The van der Waals surface area contributed by atoms with Gasteiger partial charge in [0.15, 0.2) is 6.29 Å². The summed E-state index contributed by atoms with van der Waals surface area (Å²) in [6.07, 6.45) is -2.72. The Morgan fingerprint density at radius 2 is 1.64 bits per heavy atom. The Kier molecular flexibility index (Phi) is 3.50. The first-order valence-corrected chi connectivity index (χ1v) is 3.40. The molecule has 0 aliphatic rings. The van der Waals surface area contributed by atoms with Gasteiger partial charge in [0.05, 0.1) is 6.42 Å². The molecule has 0 unspecified atom stereocenters. The maximum atomic E-state index is 12.5. The van der Waals surface area contributed by atoms with Crippen LogP contribution in [0.2, 0.25) is 0 Å². The number of hydrogen-bond acceptors (Lipinski definition) is 3. The highest BCUT2D eigenvalue weighted by Crippen LogP contribution is 2.30. The minimum atomic E-state index is -4.50. The lowest BCUT2D eigenvalue weighted by molar-refractivity contribution is -0.162. The molecule has 0 heterocycles. The second kappa shape index (κ2) is 3.85. The molecule has 0 fully saturated rings. The van der Waals surface area contributed by atoms with Crippen molar-refractivity contribution in [3.63, 3.8) is 0 Å². The van der Waals surface area contributed by atoms with Crippen molar-refractivity contribution in [3.05, 3.63) is 0 Å². The quantitative estimate of drug-likeness (QED) is 0.297. The van der Waals surface area contributed by atoms with Crippen molar-refractivity contribution in [2.24, 2.45) is 0 Å². The second-order valence-corrected chi connectivity index (χ2v) is 2.76. The van der Waals surface area contributed by atoms with Gasteiger partial charge in [-0.2, -0.15) is 8.78 Å². The van der Waals surface area contributed by atoms with E-state index in [0.29, 0.717) is 0 Å². The molecule has 0 rings (SSSR count). The van der Waals surface area contributed by atoms with Gasteiger partial charge in [-0.1, -0.05) is 0 Å². The molecule has 0 aromatic rings. The Hall–Kier alpha value is -1.27. The standard InChI is InChI=1S/C7H6F4O3/c1-6(8,9)3-7(10,11)5(14)4(13)2-12/h2H,3H2,1H3. The third-order valence-corrected chi connectivity index (χ3v) is 1.20. The van der Waals surface area contributed by atoms with Crippen LogP contribution in [0.1, 0.15) is 13.3 Å². The van der Waals surface area contributed by atoms with Crippen LogP contribution in [0.15, 0.2) is 0 Å². The summed E-state index contributed by atoms with van der Waals surface area (Å²) in [6.45, 7) is 0.180. The van der Waals surface area contributed by atoms with Gasteiger partial charge in [-0.25, -0.2) is 8.78 Å². The van der Waals surface area contributed by atoms with Crippen LogP contribution in [-0.2, 0) is 14.4 Å². The molecule has 14 heavy (non-hydrogen) atoms. The van der Waals surface area contributed by atoms with E-state index in [-0.39, 0.29) is 6.92 Å². The first-order valence-electron chi connectivity index (χ1n) is 3.40. The van der Waals surface area contributed by atoms with Gasteiger partial charge in [0, 0.05) is 0 Å². The van der Waals surface area contributed by atoms with Crippen molar-refractivity contribution >= 4 is 17.9 Å². The van der Waals surface area contributed by atoms with Gasteiger partial charge in [0.1, 0.15) is 0 Å². The number of aldehydes is 1. The van der Waals surface area contributed by atoms with Crippen LogP contribution in [0, 0.1) is 0 Å². The Morgan fingerprint density at radius 3 is 1.93 bits per heavy atom. The van der Waals surface area contributed by atoms with Crippen LogP contribution < -0.4 is 0 Å². The summed E-state index contributed by atoms with van der Waals surface area (Å²) >= 11 is 0. The SMILES string of the molecule is CC(F)(F)CC(F)(F)C(=O)C(=O)C=O. The molecule has 0 aromatic heterocycles. The highest BCUT2D eigenvalue weighted by Gasteiger charge is 2.48. The molecule has 0 aromatic carbocycles. The summed E-state index contributed by atoms with van der Waals surface area (Å²) in [5.41, 5.74) is 0. The van der Waals surface area contributed by atoms with Gasteiger partial charge >= 0.3 is 5.92 Å². The molecule has 0 aliphatic heterocycles. The fraction of sp³-hybridized carbons (Fsp3) is 0.571. The Bertz CT molecular complexity index is 267. The lowest BCUT2D eigenvalue weighted by Gasteiger charge is -2.17. The highest BCUT2D eigenvalue weighted by molar-refractivity contribution is 6.59. The summed E-state index contributed by atoms with van der Waals surface area (Å²) in [5.74, 6) is -12.7. The molecule has 0 aliphatic carbocycles. The first kappa shape index (κ1) is 12.7. The lowest BCUT2D eigenvalue weighted by atomic mass is 10.0. The minimum Gasteiger partial charge on any atom is -0.294 e. The number of halogens is 4. The Morgan fingerprint density at radius 1 is 1.21 bits per heavy atom. The molecular formula is C7H6F4O3. The van der Waals surface area contributed by atoms with Crippen molar-refractivity contribution in [1.82, 2.24) is 0 Å². The van der Waals surface area contributed by atoms with Gasteiger partial charge in [-0.05, 0) is 6.92 Å². The lowest BCUT2D eigenvalue weighted by Crippen LogP contribution is -2.39. The van der Waals surface area contributed by atoms with Crippen LogP contribution in [0.4, 0.5) is 17.6 Å². The van der Waals surface area contributed by atoms with Crippen molar-refractivity contribution in [2.75, 3.05) is 0 Å². The van der Waals surface area contributed by atoms with Crippen LogP contribution >= 0.6 is 0 Å². The third kappa shape index (κ3) is 3.63. The second-order valence-electron chi connectivity index (χ2n) is 2.76. The van der Waals surface area contributed by atoms with E-state index in [4.69, 9.17) is 0 Å². The third-order valence-electron chi connectivity index (χ3n) is 1.20. The molecule has 7 heteroatoms. The van der Waals surface area contributed by atoms with Crippen LogP contribution in [0.25, 0.3) is 0 Å². The maximum Gasteiger partial charge on any atom is 0.319 e. The van der Waals surface area contributed by atoms with Crippen LogP contribution in [0.5, 0.6) is 0 Å². The number of hydrogen-bond donors (Lipinski definition) is 0. The van der Waals surface area contributed by atoms with E-state index in [1.165, 1.54) is 0 Å². The van der Waals surface area contributed by atoms with E-state index in [9.17, 15) is 31.9 Å². The van der Waals surface area contributed by atoms with Crippen molar-refractivity contribution in [1.29, 1.82) is 0 Å². The van der Waals surface area contributed by atoms with Crippen LogP contribution in [-0.4, -0.2) is 29.7 Å². The molecule has 80 valence electrons. The first-order chi connectivity index (χ1) is 6.10. The monoisotopic (exact) mass is 214 g/mol. The van der Waals surface area contributed by atoms with Crippen molar-refractivity contribution in [3.8, 4) is 0 Å². The van der Waals surface area contributed by atoms with E-state index in [0.717, 1.165) is 0 Å². The fourth-order valence-corrected chi connectivity index (χ4v) is 0.704. The molecule has 3 nitrogen and oxygen atoms in total. The molecule has 0 radical (unpaired) electrons. The number of Topliss-reactive ketones (excluding diaryl/α,β-unsaturated/α-hetero) is 2. The summed E-state index contributed by atoms with van der Waals surface area (Å²) < 4.78 is 49.3. The summed E-state index contributed by atoms with van der Waals surface area (Å²) in [4.78, 5) is 30.3.